The number of rotatable bonds is 4. The molecule has 2 unspecified atom stereocenters. The van der Waals surface area contributed by atoms with E-state index in [1.807, 2.05) is 84.9 Å². The van der Waals surface area contributed by atoms with Gasteiger partial charge in [0.25, 0.3) is 0 Å². The van der Waals surface area contributed by atoms with Crippen molar-refractivity contribution in [2.45, 2.75) is 38.8 Å². The fraction of sp³-hybridized carbons (Fsp3) is 0.176. The van der Waals surface area contributed by atoms with Gasteiger partial charge >= 0.3 is 0 Å². The summed E-state index contributed by atoms with van der Waals surface area (Å²) in [6, 6.07) is 33.6. The summed E-state index contributed by atoms with van der Waals surface area (Å²) in [4.78, 5) is 23.7. The van der Waals surface area contributed by atoms with Crippen molar-refractivity contribution in [3.63, 3.8) is 0 Å². The Kier molecular flexibility index (Phi) is 10.1. The first-order valence-electron chi connectivity index (χ1n) is 13.7. The van der Waals surface area contributed by atoms with Crippen LogP contribution in [0.4, 0.5) is 0 Å². The maximum absolute atomic E-state index is 11.8. The Labute approximate surface area is 260 Å². The Morgan fingerprint density at radius 3 is 1.23 bits per heavy atom. The number of nitrogens with zero attached hydrogens (tertiary/aromatic N) is 4. The largest absolute Gasteiger partial charge is 0.507 e. The molecule has 4 aromatic rings. The van der Waals surface area contributed by atoms with E-state index in [9.17, 15) is 19.8 Å². The molecule has 2 N–H and O–H groups in total. The zero-order chi connectivity index (χ0) is 29.6. The molecule has 2 atom stereocenters. The first-order chi connectivity index (χ1) is 20.3. The quantitative estimate of drug-likeness (QED) is 0.267. The maximum atomic E-state index is 11.8. The van der Waals surface area contributed by atoms with Crippen LogP contribution in [0.1, 0.15) is 61.0 Å². The molecule has 0 aliphatic carbocycles. The van der Waals surface area contributed by atoms with Crippen LogP contribution in [0.3, 0.4) is 0 Å². The molecule has 4 aromatic carbocycles. The summed E-state index contributed by atoms with van der Waals surface area (Å²) in [5.74, 6) is 0.172. The number of hydrazone groups is 2. The van der Waals surface area contributed by atoms with Gasteiger partial charge in [0.15, 0.2) is 0 Å². The monoisotopic (exact) mass is 618 g/mol. The second kappa shape index (κ2) is 13.9. The molecule has 0 aromatic heterocycles. The molecule has 2 aliphatic rings. The summed E-state index contributed by atoms with van der Waals surface area (Å²) < 4.78 is 0. The van der Waals surface area contributed by atoms with Gasteiger partial charge in [-0.15, -0.1) is 0 Å². The van der Waals surface area contributed by atoms with Gasteiger partial charge in [-0.3, -0.25) is 9.59 Å². The molecule has 0 saturated heterocycles. The number of amides is 2. The van der Waals surface area contributed by atoms with Gasteiger partial charge in [-0.25, -0.2) is 10.0 Å². The predicted octanol–water partition coefficient (Wildman–Crippen LogP) is 6.18. The molecule has 0 spiro atoms. The smallest absolute Gasteiger partial charge is 0.240 e. The summed E-state index contributed by atoms with van der Waals surface area (Å²) >= 11 is 0. The topological polar surface area (TPSA) is 106 Å². The van der Waals surface area contributed by atoms with Gasteiger partial charge in [0.2, 0.25) is 11.8 Å². The van der Waals surface area contributed by atoms with Crippen molar-refractivity contribution in [3.8, 4) is 11.5 Å². The number of hydrogen-bond donors (Lipinski definition) is 2. The van der Waals surface area contributed by atoms with E-state index in [1.165, 1.54) is 23.9 Å². The standard InChI is InChI=1S/2C17H16N2O2.Ni/c2*1-12(20)19-16(13-7-3-2-4-8-13)11-15(18-19)14-9-5-6-10-17(14)21;/h2*2-10,16,21H,11H2,1H3;. The minimum absolute atomic E-state index is 0. The van der Waals surface area contributed by atoms with Crippen LogP contribution in [0.5, 0.6) is 11.5 Å². The first-order valence-corrected chi connectivity index (χ1v) is 13.7. The van der Waals surface area contributed by atoms with E-state index < -0.39 is 0 Å². The van der Waals surface area contributed by atoms with Crippen molar-refractivity contribution < 1.29 is 36.3 Å². The van der Waals surface area contributed by atoms with Crippen molar-refractivity contribution in [2.75, 3.05) is 0 Å². The van der Waals surface area contributed by atoms with E-state index in [-0.39, 0.29) is 51.9 Å². The van der Waals surface area contributed by atoms with E-state index >= 15 is 0 Å². The van der Waals surface area contributed by atoms with Crippen molar-refractivity contribution in [1.29, 1.82) is 0 Å². The van der Waals surface area contributed by atoms with E-state index in [0.29, 0.717) is 24.0 Å². The Bertz CT molecular complexity index is 1520. The van der Waals surface area contributed by atoms with Crippen molar-refractivity contribution in [1.82, 2.24) is 10.0 Å². The minimum Gasteiger partial charge on any atom is -0.507 e. The summed E-state index contributed by atoms with van der Waals surface area (Å²) in [7, 11) is 0. The normalized spacial score (nSPS) is 17.3. The SMILES string of the molecule is CC(=O)N1N=C(c2ccccc2O)CC1c1ccccc1.CC(=O)N1N=C(c2ccccc2O)CC1c1ccccc1.[Ni]. The third-order valence-corrected chi connectivity index (χ3v) is 7.26. The minimum atomic E-state index is -0.113. The van der Waals surface area contributed by atoms with Crippen LogP contribution in [0.15, 0.2) is 119 Å². The van der Waals surface area contributed by atoms with Crippen LogP contribution in [-0.4, -0.2) is 43.5 Å². The number of benzene rings is 4. The second-order valence-corrected chi connectivity index (χ2v) is 10.1. The summed E-state index contributed by atoms with van der Waals surface area (Å²) in [5, 5.41) is 31.8. The molecule has 43 heavy (non-hydrogen) atoms. The average molecular weight is 619 g/mol. The van der Waals surface area contributed by atoms with Crippen molar-refractivity contribution in [2.24, 2.45) is 10.2 Å². The number of para-hydroxylation sites is 2. The fourth-order valence-electron chi connectivity index (χ4n) is 5.23. The Morgan fingerprint density at radius 1 is 0.581 bits per heavy atom. The fourth-order valence-corrected chi connectivity index (χ4v) is 5.23. The molecular formula is C34H32N4NiO4. The maximum Gasteiger partial charge on any atom is 0.240 e. The number of carbonyl (C=O) groups is 2. The van der Waals surface area contributed by atoms with Crippen LogP contribution in [0.25, 0.3) is 0 Å². The summed E-state index contributed by atoms with van der Waals surface area (Å²) in [5.41, 5.74) is 4.92. The number of phenols is 2. The molecule has 2 heterocycles. The van der Waals surface area contributed by atoms with Gasteiger partial charge < -0.3 is 10.2 Å². The molecule has 222 valence electrons. The van der Waals surface area contributed by atoms with Crippen LogP contribution in [-0.2, 0) is 26.1 Å². The molecule has 6 rings (SSSR count). The summed E-state index contributed by atoms with van der Waals surface area (Å²) in [6.07, 6.45) is 1.20. The molecule has 2 amide bonds. The van der Waals surface area contributed by atoms with Crippen LogP contribution in [0.2, 0.25) is 0 Å². The van der Waals surface area contributed by atoms with Crippen molar-refractivity contribution in [3.05, 3.63) is 131 Å². The molecular weight excluding hydrogens is 587 g/mol. The van der Waals surface area contributed by atoms with Gasteiger partial charge in [0, 0.05) is 54.3 Å². The molecule has 2 aliphatic heterocycles. The van der Waals surface area contributed by atoms with Gasteiger partial charge in [0.05, 0.1) is 23.5 Å². The van der Waals surface area contributed by atoms with E-state index in [1.54, 1.807) is 24.3 Å². The zero-order valence-corrected chi connectivity index (χ0v) is 24.8. The first kappa shape index (κ1) is 31.2. The molecule has 0 fully saturated rings. The van der Waals surface area contributed by atoms with Gasteiger partial charge in [0.1, 0.15) is 11.5 Å². The molecule has 9 heteroatoms. The number of hydrogen-bond acceptors (Lipinski definition) is 6. The molecule has 0 radical (unpaired) electrons. The Morgan fingerprint density at radius 2 is 0.907 bits per heavy atom. The average Bonchev–Trinajstić information content (AvgIpc) is 3.65. The molecule has 8 nitrogen and oxygen atoms in total. The van der Waals surface area contributed by atoms with Crippen LogP contribution in [0, 0.1) is 0 Å². The third kappa shape index (κ3) is 7.01. The number of aromatic hydroxyl groups is 2. The predicted molar refractivity (Wildman–Crippen MR) is 162 cm³/mol. The zero-order valence-electron chi connectivity index (χ0n) is 23.8. The second-order valence-electron chi connectivity index (χ2n) is 10.1. The van der Waals surface area contributed by atoms with Crippen LogP contribution < -0.4 is 0 Å². The van der Waals surface area contributed by atoms with Gasteiger partial charge in [-0.2, -0.15) is 10.2 Å². The molecule has 0 saturated carbocycles. The van der Waals surface area contributed by atoms with E-state index in [0.717, 1.165) is 22.6 Å². The number of phenolic OH excluding ortho intramolecular Hbond substituents is 2. The van der Waals surface area contributed by atoms with Gasteiger partial charge in [-0.05, 0) is 35.4 Å². The number of carbonyl (C=O) groups excluding carboxylic acids is 2. The van der Waals surface area contributed by atoms with Crippen LogP contribution >= 0.6 is 0 Å². The van der Waals surface area contributed by atoms with Gasteiger partial charge in [-0.1, -0.05) is 84.9 Å². The third-order valence-electron chi connectivity index (χ3n) is 7.26. The summed E-state index contributed by atoms with van der Waals surface area (Å²) in [6.45, 7) is 3.01. The molecule has 0 bridgehead atoms. The van der Waals surface area contributed by atoms with Crippen molar-refractivity contribution >= 4 is 23.2 Å². The Hall–Kier alpha value is -4.75. The van der Waals surface area contributed by atoms with E-state index in [2.05, 4.69) is 10.2 Å². The Balaban J connectivity index is 0.000000192. The van der Waals surface area contributed by atoms with E-state index in [4.69, 9.17) is 0 Å².